The average Bonchev–Trinajstić information content (AvgIpc) is 2.44. The zero-order chi connectivity index (χ0) is 18.8. The average molecular weight is 351 g/mol. The monoisotopic (exact) mass is 350 g/mol. The molecule has 24 heavy (non-hydrogen) atoms. The number of carbonyl (C=O) groups excluding carboxylic acids is 1. The van der Waals surface area contributed by atoms with Crippen molar-refractivity contribution in [2.45, 2.75) is 85.4 Å². The normalized spacial score (nSPS) is 14.9. The molecule has 0 atom stereocenters. The second-order valence-corrected chi connectivity index (χ2v) is 13.2. The highest BCUT2D eigenvalue weighted by Gasteiger charge is 2.36. The molecule has 0 radical (unpaired) electrons. The number of carbonyl (C=O) groups is 1. The van der Waals surface area contributed by atoms with Crippen LogP contribution in [-0.4, -0.2) is 21.2 Å². The van der Waals surface area contributed by atoms with Gasteiger partial charge in [0.2, 0.25) is 0 Å². The lowest BCUT2D eigenvalue weighted by molar-refractivity contribution is -0.104. The maximum Gasteiger partial charge on any atom is 0.192 e. The molecule has 0 heterocycles. The Morgan fingerprint density at radius 3 is 1.92 bits per heavy atom. The maximum absolute atomic E-state index is 10.4. The van der Waals surface area contributed by atoms with Gasteiger partial charge in [0.05, 0.1) is 6.61 Å². The number of rotatable bonds is 10. The first-order valence-electron chi connectivity index (χ1n) is 9.06. The number of aldehydes is 1. The highest BCUT2D eigenvalue weighted by Crippen LogP contribution is 2.36. The summed E-state index contributed by atoms with van der Waals surface area (Å²) in [4.78, 5) is 10.4. The van der Waals surface area contributed by atoms with Gasteiger partial charge in [0.1, 0.15) is 6.29 Å². The Hall–Kier alpha value is -0.933. The van der Waals surface area contributed by atoms with Crippen LogP contribution < -0.4 is 0 Å². The van der Waals surface area contributed by atoms with E-state index in [1.165, 1.54) is 11.1 Å². The molecule has 0 aliphatic heterocycles. The highest BCUT2D eigenvalue weighted by molar-refractivity contribution is 6.74. The summed E-state index contributed by atoms with van der Waals surface area (Å²) >= 11 is 0. The molecule has 0 saturated carbocycles. The van der Waals surface area contributed by atoms with E-state index in [0.29, 0.717) is 0 Å². The Balaban J connectivity index is 4.21. The number of allylic oxidation sites excluding steroid dienone is 5. The van der Waals surface area contributed by atoms with Crippen molar-refractivity contribution in [1.82, 2.24) is 0 Å². The van der Waals surface area contributed by atoms with Crippen molar-refractivity contribution in [3.63, 3.8) is 0 Å². The summed E-state index contributed by atoms with van der Waals surface area (Å²) in [6.45, 7) is 18.5. The van der Waals surface area contributed by atoms with Crippen LogP contribution in [0.3, 0.4) is 0 Å². The van der Waals surface area contributed by atoms with E-state index in [1.807, 2.05) is 6.92 Å². The fourth-order valence-electron chi connectivity index (χ4n) is 1.96. The predicted molar refractivity (Wildman–Crippen MR) is 109 cm³/mol. The second kappa shape index (κ2) is 10.8. The van der Waals surface area contributed by atoms with Crippen molar-refractivity contribution in [2.24, 2.45) is 0 Å². The molecule has 0 N–H and O–H groups in total. The van der Waals surface area contributed by atoms with Gasteiger partial charge in [-0.1, -0.05) is 49.6 Å². The SMILES string of the molecule is CC(=CC=O)CCC=C(C)CCC=C(C)CO[Si](C)(C)C(C)(C)C. The Morgan fingerprint density at radius 2 is 1.42 bits per heavy atom. The Kier molecular flexibility index (Phi) is 10.4. The lowest BCUT2D eigenvalue weighted by Crippen LogP contribution is -2.41. The summed E-state index contributed by atoms with van der Waals surface area (Å²) in [5.74, 6) is 0. The topological polar surface area (TPSA) is 26.3 Å². The molecule has 0 aromatic carbocycles. The van der Waals surface area contributed by atoms with E-state index in [4.69, 9.17) is 4.43 Å². The van der Waals surface area contributed by atoms with E-state index in [-0.39, 0.29) is 5.04 Å². The molecular formula is C21H38O2Si. The molecule has 0 unspecified atom stereocenters. The van der Waals surface area contributed by atoms with Gasteiger partial charge in [0.25, 0.3) is 0 Å². The fourth-order valence-corrected chi connectivity index (χ4v) is 2.99. The maximum atomic E-state index is 10.4. The van der Waals surface area contributed by atoms with E-state index in [2.05, 4.69) is 59.9 Å². The molecule has 0 amide bonds. The minimum Gasteiger partial charge on any atom is -0.413 e. The summed E-state index contributed by atoms with van der Waals surface area (Å²) in [7, 11) is -1.65. The molecule has 0 aliphatic rings. The first-order valence-corrected chi connectivity index (χ1v) is 12.0. The van der Waals surface area contributed by atoms with Crippen molar-refractivity contribution >= 4 is 14.6 Å². The number of hydrogen-bond donors (Lipinski definition) is 0. The van der Waals surface area contributed by atoms with Crippen LogP contribution >= 0.6 is 0 Å². The van der Waals surface area contributed by atoms with Gasteiger partial charge in [-0.05, 0) is 70.7 Å². The minimum atomic E-state index is -1.65. The van der Waals surface area contributed by atoms with Gasteiger partial charge in [-0.25, -0.2) is 0 Å². The van der Waals surface area contributed by atoms with Crippen LogP contribution in [0.5, 0.6) is 0 Å². The van der Waals surface area contributed by atoms with Gasteiger partial charge in [0.15, 0.2) is 8.32 Å². The van der Waals surface area contributed by atoms with Crippen LogP contribution in [0.2, 0.25) is 18.1 Å². The van der Waals surface area contributed by atoms with Gasteiger partial charge in [0, 0.05) is 0 Å². The summed E-state index contributed by atoms with van der Waals surface area (Å²) in [5.41, 5.74) is 3.90. The summed E-state index contributed by atoms with van der Waals surface area (Å²) < 4.78 is 6.25. The number of hydrogen-bond acceptors (Lipinski definition) is 2. The predicted octanol–water partition coefficient (Wildman–Crippen LogP) is 6.61. The molecule has 0 spiro atoms. The highest BCUT2D eigenvalue weighted by atomic mass is 28.4. The zero-order valence-corrected chi connectivity index (χ0v) is 18.2. The largest absolute Gasteiger partial charge is 0.413 e. The molecule has 0 fully saturated rings. The molecule has 0 saturated heterocycles. The zero-order valence-electron chi connectivity index (χ0n) is 17.2. The van der Waals surface area contributed by atoms with Crippen LogP contribution in [0.25, 0.3) is 0 Å². The molecule has 0 rings (SSSR count). The molecule has 0 aromatic heterocycles. The van der Waals surface area contributed by atoms with Gasteiger partial charge in [-0.3, -0.25) is 4.79 Å². The Labute approximate surface area is 151 Å². The molecular weight excluding hydrogens is 312 g/mol. The lowest BCUT2D eigenvalue weighted by Gasteiger charge is -2.36. The molecule has 0 aliphatic carbocycles. The van der Waals surface area contributed by atoms with Crippen molar-refractivity contribution < 1.29 is 9.22 Å². The Bertz CT molecular complexity index is 477. The van der Waals surface area contributed by atoms with Gasteiger partial charge in [-0.15, -0.1) is 0 Å². The van der Waals surface area contributed by atoms with Crippen molar-refractivity contribution in [1.29, 1.82) is 0 Å². The van der Waals surface area contributed by atoms with Gasteiger partial charge in [-0.2, -0.15) is 0 Å². The third-order valence-electron chi connectivity index (χ3n) is 4.88. The van der Waals surface area contributed by atoms with Gasteiger partial charge >= 0.3 is 0 Å². The van der Waals surface area contributed by atoms with Crippen LogP contribution in [-0.2, 0) is 9.22 Å². The van der Waals surface area contributed by atoms with Crippen LogP contribution in [0.4, 0.5) is 0 Å². The summed E-state index contributed by atoms with van der Waals surface area (Å²) in [6.07, 6.45) is 11.2. The van der Waals surface area contributed by atoms with E-state index in [9.17, 15) is 4.79 Å². The molecule has 0 aromatic rings. The summed E-state index contributed by atoms with van der Waals surface area (Å²) in [5, 5.41) is 0.267. The quantitative estimate of drug-likeness (QED) is 0.192. The minimum absolute atomic E-state index is 0.267. The Morgan fingerprint density at radius 1 is 0.917 bits per heavy atom. The molecule has 0 bridgehead atoms. The fraction of sp³-hybridized carbons (Fsp3) is 0.667. The summed E-state index contributed by atoms with van der Waals surface area (Å²) in [6, 6.07) is 0. The molecule has 138 valence electrons. The van der Waals surface area contributed by atoms with Crippen molar-refractivity contribution in [2.75, 3.05) is 6.61 Å². The standard InChI is InChI=1S/C21H38O2Si/c1-18(11-9-13-19(2)15-16-22)12-10-14-20(3)17-23-24(7,8)21(4,5)6/h11,14-16H,9-10,12-13,17H2,1-8H3. The third-order valence-corrected chi connectivity index (χ3v) is 9.36. The first-order chi connectivity index (χ1) is 11.0. The molecule has 3 heteroatoms. The smallest absolute Gasteiger partial charge is 0.192 e. The van der Waals surface area contributed by atoms with Crippen LogP contribution in [0.1, 0.15) is 67.2 Å². The lowest BCUT2D eigenvalue weighted by atomic mass is 10.1. The molecule has 2 nitrogen and oxygen atoms in total. The van der Waals surface area contributed by atoms with E-state index in [0.717, 1.165) is 44.1 Å². The van der Waals surface area contributed by atoms with E-state index in [1.54, 1.807) is 6.08 Å². The van der Waals surface area contributed by atoms with Gasteiger partial charge < -0.3 is 4.43 Å². The van der Waals surface area contributed by atoms with E-state index >= 15 is 0 Å². The van der Waals surface area contributed by atoms with Crippen LogP contribution in [0, 0.1) is 0 Å². The second-order valence-electron chi connectivity index (χ2n) is 8.38. The van der Waals surface area contributed by atoms with Crippen molar-refractivity contribution in [3.8, 4) is 0 Å². The van der Waals surface area contributed by atoms with Crippen LogP contribution in [0.15, 0.2) is 34.9 Å². The first kappa shape index (κ1) is 23.1. The van der Waals surface area contributed by atoms with Crippen molar-refractivity contribution in [3.05, 3.63) is 34.9 Å². The van der Waals surface area contributed by atoms with E-state index < -0.39 is 8.32 Å². The third kappa shape index (κ3) is 10.0.